The van der Waals surface area contributed by atoms with Gasteiger partial charge in [-0.25, -0.2) is 0 Å². The van der Waals surface area contributed by atoms with Gasteiger partial charge in [-0.05, 0) is 12.1 Å². The van der Waals surface area contributed by atoms with Crippen molar-refractivity contribution >= 4 is 16.2 Å². The lowest BCUT2D eigenvalue weighted by atomic mass is 10.2. The van der Waals surface area contributed by atoms with Crippen LogP contribution in [0.25, 0.3) is 0 Å². The second kappa shape index (κ2) is 4.18. The Morgan fingerprint density at radius 1 is 1.21 bits per heavy atom. The van der Waals surface area contributed by atoms with E-state index < -0.39 is 16.2 Å². The van der Waals surface area contributed by atoms with Gasteiger partial charge in [0.1, 0.15) is 0 Å². The Bertz CT molecular complexity index is 415. The molecule has 1 amide bonds. The summed E-state index contributed by atoms with van der Waals surface area (Å²) in [7, 11) is -4.41. The molecule has 14 heavy (non-hydrogen) atoms. The van der Waals surface area contributed by atoms with Gasteiger partial charge >= 0.3 is 10.3 Å². The number of rotatable bonds is 3. The van der Waals surface area contributed by atoms with Crippen molar-refractivity contribution in [2.75, 3.05) is 0 Å². The summed E-state index contributed by atoms with van der Waals surface area (Å²) in [5.41, 5.74) is 2.09. The molecule has 76 valence electrons. The quantitative estimate of drug-likeness (QED) is 0.478. The van der Waals surface area contributed by atoms with Gasteiger partial charge in [0.25, 0.3) is 5.91 Å². The van der Waals surface area contributed by atoms with Gasteiger partial charge in [-0.3, -0.25) is 14.8 Å². The van der Waals surface area contributed by atoms with Gasteiger partial charge in [0, 0.05) is 5.56 Å². The molecular weight excluding hydrogens is 208 g/mol. The molecule has 1 aromatic carbocycles. The van der Waals surface area contributed by atoms with Crippen LogP contribution >= 0.6 is 0 Å². The average molecular weight is 216 g/mol. The van der Waals surface area contributed by atoms with Crippen LogP contribution in [-0.2, 0) is 10.3 Å². The molecule has 1 aromatic rings. The minimum absolute atomic E-state index is 0.281. The number of benzene rings is 1. The standard InChI is InChI=1S/C7H8N2O4S/c10-7(8-9-14(11,12)13)6-4-2-1-3-5-6/h1-5,9H,(H,8,10)(H,11,12,13). The molecule has 0 radical (unpaired) electrons. The smallest absolute Gasteiger partial charge is 0.272 e. The van der Waals surface area contributed by atoms with E-state index in [9.17, 15) is 13.2 Å². The van der Waals surface area contributed by atoms with Crippen LogP contribution in [0, 0.1) is 0 Å². The summed E-state index contributed by atoms with van der Waals surface area (Å²) in [6.45, 7) is 0. The molecule has 0 aliphatic carbocycles. The van der Waals surface area contributed by atoms with Crippen molar-refractivity contribution in [3.8, 4) is 0 Å². The number of amides is 1. The molecule has 0 saturated carbocycles. The summed E-state index contributed by atoms with van der Waals surface area (Å²) in [6.07, 6.45) is 0. The highest BCUT2D eigenvalue weighted by molar-refractivity contribution is 7.83. The summed E-state index contributed by atoms with van der Waals surface area (Å²) >= 11 is 0. The number of carbonyl (C=O) groups excluding carboxylic acids is 1. The second-order valence-electron chi connectivity index (χ2n) is 2.40. The predicted molar refractivity (Wildman–Crippen MR) is 48.6 cm³/mol. The van der Waals surface area contributed by atoms with Gasteiger partial charge in [-0.1, -0.05) is 18.2 Å². The van der Waals surface area contributed by atoms with E-state index in [0.717, 1.165) is 0 Å². The Kier molecular flexibility index (Phi) is 3.18. The van der Waals surface area contributed by atoms with Crippen molar-refractivity contribution in [1.82, 2.24) is 10.3 Å². The third kappa shape index (κ3) is 3.52. The maximum absolute atomic E-state index is 11.1. The van der Waals surface area contributed by atoms with Crippen molar-refractivity contribution < 1.29 is 17.8 Å². The molecule has 0 fully saturated rings. The van der Waals surface area contributed by atoms with Crippen LogP contribution in [0.2, 0.25) is 0 Å². The molecule has 0 unspecified atom stereocenters. The Labute approximate surface area is 80.8 Å². The zero-order valence-corrected chi connectivity index (χ0v) is 7.78. The minimum Gasteiger partial charge on any atom is -0.272 e. The fourth-order valence-corrected chi connectivity index (χ4v) is 0.994. The van der Waals surface area contributed by atoms with Crippen molar-refractivity contribution in [3.63, 3.8) is 0 Å². The van der Waals surface area contributed by atoms with Gasteiger partial charge < -0.3 is 0 Å². The zero-order valence-electron chi connectivity index (χ0n) is 6.97. The molecule has 6 nitrogen and oxygen atoms in total. The first-order valence-corrected chi connectivity index (χ1v) is 5.02. The monoisotopic (exact) mass is 216 g/mol. The first kappa shape index (κ1) is 10.6. The van der Waals surface area contributed by atoms with Crippen LogP contribution in [0.3, 0.4) is 0 Å². The van der Waals surface area contributed by atoms with Crippen LogP contribution < -0.4 is 10.3 Å². The molecule has 0 saturated heterocycles. The van der Waals surface area contributed by atoms with Crippen molar-refractivity contribution in [1.29, 1.82) is 0 Å². The molecule has 0 aliphatic heterocycles. The normalized spacial score (nSPS) is 10.9. The molecule has 3 N–H and O–H groups in total. The number of nitrogens with one attached hydrogen (secondary N) is 2. The van der Waals surface area contributed by atoms with Crippen LogP contribution in [0.15, 0.2) is 30.3 Å². The van der Waals surface area contributed by atoms with E-state index in [1.807, 2.05) is 5.43 Å². The Morgan fingerprint density at radius 3 is 2.29 bits per heavy atom. The van der Waals surface area contributed by atoms with Crippen LogP contribution in [0.5, 0.6) is 0 Å². The van der Waals surface area contributed by atoms with Crippen molar-refractivity contribution in [2.24, 2.45) is 0 Å². The van der Waals surface area contributed by atoms with Crippen LogP contribution in [-0.4, -0.2) is 18.9 Å². The molecule has 1 rings (SSSR count). The molecule has 7 heteroatoms. The van der Waals surface area contributed by atoms with E-state index in [0.29, 0.717) is 0 Å². The predicted octanol–water partition coefficient (Wildman–Crippen LogP) is -0.276. The molecule has 0 atom stereocenters. The Balaban J connectivity index is 2.61. The summed E-state index contributed by atoms with van der Waals surface area (Å²) in [5, 5.41) is 0. The number of carbonyl (C=O) groups is 1. The van der Waals surface area contributed by atoms with Gasteiger partial charge in [-0.2, -0.15) is 8.42 Å². The van der Waals surface area contributed by atoms with E-state index in [2.05, 4.69) is 0 Å². The highest BCUT2D eigenvalue weighted by Gasteiger charge is 2.07. The van der Waals surface area contributed by atoms with Crippen molar-refractivity contribution in [3.05, 3.63) is 35.9 Å². The first-order chi connectivity index (χ1) is 6.49. The molecule has 0 heterocycles. The Morgan fingerprint density at radius 2 is 1.79 bits per heavy atom. The molecule has 0 aromatic heterocycles. The molecular formula is C7H8N2O4S. The third-order valence-electron chi connectivity index (χ3n) is 1.33. The van der Waals surface area contributed by atoms with E-state index in [1.54, 1.807) is 18.2 Å². The number of hydrogen-bond acceptors (Lipinski definition) is 3. The summed E-state index contributed by atoms with van der Waals surface area (Å²) < 4.78 is 28.7. The fourth-order valence-electron chi connectivity index (χ4n) is 0.773. The molecule has 0 spiro atoms. The van der Waals surface area contributed by atoms with Crippen LogP contribution in [0.1, 0.15) is 10.4 Å². The van der Waals surface area contributed by atoms with E-state index >= 15 is 0 Å². The molecule has 0 bridgehead atoms. The lowest BCUT2D eigenvalue weighted by molar-refractivity contribution is 0.0943. The topological polar surface area (TPSA) is 95.5 Å². The maximum atomic E-state index is 11.1. The largest absolute Gasteiger partial charge is 0.350 e. The number of hydrazine groups is 1. The SMILES string of the molecule is O=C(NNS(=O)(=O)O)c1ccccc1. The lowest BCUT2D eigenvalue weighted by Crippen LogP contribution is -2.41. The summed E-state index contributed by atoms with van der Waals surface area (Å²) in [5.74, 6) is -0.650. The summed E-state index contributed by atoms with van der Waals surface area (Å²) in [4.78, 5) is 12.6. The highest BCUT2D eigenvalue weighted by atomic mass is 32.2. The average Bonchev–Trinajstić information content (AvgIpc) is 2.14. The second-order valence-corrected chi connectivity index (χ2v) is 3.55. The van der Waals surface area contributed by atoms with Gasteiger partial charge in [0.2, 0.25) is 0 Å². The summed E-state index contributed by atoms with van der Waals surface area (Å²) in [6, 6.07) is 7.97. The van der Waals surface area contributed by atoms with E-state index in [-0.39, 0.29) is 5.56 Å². The lowest BCUT2D eigenvalue weighted by Gasteiger charge is -2.03. The molecule has 0 aliphatic rings. The minimum atomic E-state index is -4.41. The number of hydrogen-bond donors (Lipinski definition) is 3. The van der Waals surface area contributed by atoms with Gasteiger partial charge in [-0.15, -0.1) is 4.83 Å². The Hall–Kier alpha value is -1.44. The zero-order chi connectivity index (χ0) is 10.6. The van der Waals surface area contributed by atoms with E-state index in [1.165, 1.54) is 17.0 Å². The van der Waals surface area contributed by atoms with Crippen LogP contribution in [0.4, 0.5) is 0 Å². The first-order valence-electron chi connectivity index (χ1n) is 3.58. The maximum Gasteiger partial charge on any atom is 0.350 e. The third-order valence-corrected chi connectivity index (χ3v) is 1.69. The van der Waals surface area contributed by atoms with Gasteiger partial charge in [0.15, 0.2) is 0 Å². The van der Waals surface area contributed by atoms with Crippen molar-refractivity contribution in [2.45, 2.75) is 0 Å². The van der Waals surface area contributed by atoms with Gasteiger partial charge in [0.05, 0.1) is 0 Å². The fraction of sp³-hybridized carbons (Fsp3) is 0. The highest BCUT2D eigenvalue weighted by Crippen LogP contribution is 1.96. The van der Waals surface area contributed by atoms with E-state index in [4.69, 9.17) is 4.55 Å².